The van der Waals surface area contributed by atoms with Crippen LogP contribution in [-0.2, 0) is 11.2 Å². The van der Waals surface area contributed by atoms with Gasteiger partial charge in [0, 0.05) is 5.39 Å². The molecule has 23 heavy (non-hydrogen) atoms. The molecule has 1 aromatic heterocycles. The fraction of sp³-hybridized carbons (Fsp3) is 0.333. The molecule has 0 spiro atoms. The molecule has 1 amide bonds. The van der Waals surface area contributed by atoms with Gasteiger partial charge in [-0.15, -0.1) is 0 Å². The third-order valence-corrected chi connectivity index (χ3v) is 3.38. The Labute approximate surface area is 130 Å². The minimum Gasteiger partial charge on any atom is -0.487 e. The molecule has 124 valence electrons. The highest BCUT2D eigenvalue weighted by Crippen LogP contribution is 2.31. The van der Waals surface area contributed by atoms with E-state index in [-0.39, 0.29) is 29.5 Å². The zero-order valence-corrected chi connectivity index (χ0v) is 12.4. The Hall–Kier alpha value is -2.48. The molecule has 1 aromatic carbocycles. The average Bonchev–Trinajstić information content (AvgIpc) is 2.48. The summed E-state index contributed by atoms with van der Waals surface area (Å²) >= 11 is 0. The number of aryl methyl sites for hydroxylation is 1. The van der Waals surface area contributed by atoms with Crippen molar-refractivity contribution in [2.75, 3.05) is 13.2 Å². The van der Waals surface area contributed by atoms with E-state index in [0.717, 1.165) is 6.07 Å². The smallest absolute Gasteiger partial charge is 0.340 e. The molecule has 0 aliphatic rings. The van der Waals surface area contributed by atoms with Gasteiger partial charge in [0.15, 0.2) is 17.1 Å². The van der Waals surface area contributed by atoms with E-state index in [1.807, 2.05) is 0 Å². The van der Waals surface area contributed by atoms with E-state index in [9.17, 15) is 18.4 Å². The molecule has 0 fully saturated rings. The predicted molar refractivity (Wildman–Crippen MR) is 79.2 cm³/mol. The van der Waals surface area contributed by atoms with Crippen LogP contribution in [0.3, 0.4) is 0 Å². The third-order valence-electron chi connectivity index (χ3n) is 3.38. The second-order valence-corrected chi connectivity index (χ2v) is 5.01. The number of hydrogen-bond acceptors (Lipinski definition) is 5. The van der Waals surface area contributed by atoms with E-state index < -0.39 is 34.5 Å². The summed E-state index contributed by atoms with van der Waals surface area (Å²) in [5, 5.41) is 0.0435. The molecule has 0 radical (unpaired) electrons. The molecule has 4 N–H and O–H groups in total. The number of fused-ring (bicyclic) bond motifs is 1. The van der Waals surface area contributed by atoms with E-state index in [1.54, 1.807) is 0 Å². The molecular formula is C15H16F2N2O4. The summed E-state index contributed by atoms with van der Waals surface area (Å²) in [7, 11) is 0. The maximum Gasteiger partial charge on any atom is 0.340 e. The van der Waals surface area contributed by atoms with Gasteiger partial charge in [0.05, 0.1) is 18.6 Å². The highest BCUT2D eigenvalue weighted by atomic mass is 19.1. The molecular weight excluding hydrogens is 310 g/mol. The van der Waals surface area contributed by atoms with Crippen LogP contribution in [-0.4, -0.2) is 19.1 Å². The number of rotatable bonds is 6. The second kappa shape index (κ2) is 6.74. The second-order valence-electron chi connectivity index (χ2n) is 5.01. The largest absolute Gasteiger partial charge is 0.487 e. The number of carbonyl (C=O) groups excluding carboxylic acids is 1. The molecule has 8 heteroatoms. The summed E-state index contributed by atoms with van der Waals surface area (Å²) in [6.07, 6.45) is 0.0412. The number of halogens is 2. The zero-order valence-electron chi connectivity index (χ0n) is 12.4. The molecule has 0 saturated heterocycles. The lowest BCUT2D eigenvalue weighted by Gasteiger charge is -2.12. The predicted octanol–water partition coefficient (Wildman–Crippen LogP) is 1.14. The molecule has 0 aliphatic carbocycles. The Bertz CT molecular complexity index is 817. The Balaban J connectivity index is 2.62. The molecule has 0 unspecified atom stereocenters. The van der Waals surface area contributed by atoms with Crippen molar-refractivity contribution in [3.8, 4) is 5.75 Å². The Kier molecular flexibility index (Phi) is 4.95. The van der Waals surface area contributed by atoms with Crippen LogP contribution in [0.15, 0.2) is 15.3 Å². The van der Waals surface area contributed by atoms with Crippen LogP contribution in [0.1, 0.15) is 17.5 Å². The first kappa shape index (κ1) is 16.9. The lowest BCUT2D eigenvalue weighted by Crippen LogP contribution is -2.21. The SMILES string of the molecule is Cc1c(CC(N)=O)c(=O)oc2c(F)c(OCCCN)c(F)cc12. The lowest BCUT2D eigenvalue weighted by molar-refractivity contribution is -0.117. The molecule has 1 heterocycles. The molecule has 0 aliphatic heterocycles. The summed E-state index contributed by atoms with van der Waals surface area (Å²) < 4.78 is 38.4. The van der Waals surface area contributed by atoms with Gasteiger partial charge in [-0.1, -0.05) is 0 Å². The van der Waals surface area contributed by atoms with Crippen molar-refractivity contribution in [1.82, 2.24) is 0 Å². The molecule has 2 rings (SSSR count). The minimum atomic E-state index is -1.11. The molecule has 2 aromatic rings. The summed E-state index contributed by atoms with van der Waals surface area (Å²) in [5.41, 5.74) is 9.24. The maximum absolute atomic E-state index is 14.4. The van der Waals surface area contributed by atoms with Crippen molar-refractivity contribution < 1.29 is 22.7 Å². The van der Waals surface area contributed by atoms with Crippen molar-refractivity contribution in [3.63, 3.8) is 0 Å². The van der Waals surface area contributed by atoms with Gasteiger partial charge in [0.25, 0.3) is 0 Å². The van der Waals surface area contributed by atoms with Crippen molar-refractivity contribution >= 4 is 16.9 Å². The fourth-order valence-corrected chi connectivity index (χ4v) is 2.20. The monoisotopic (exact) mass is 326 g/mol. The number of hydrogen-bond donors (Lipinski definition) is 2. The van der Waals surface area contributed by atoms with Crippen LogP contribution >= 0.6 is 0 Å². The standard InChI is InChI=1S/C15H16F2N2O4/c1-7-8-5-10(16)14(22-4-2-3-18)12(17)13(8)23-15(21)9(7)6-11(19)20/h5H,2-4,6,18H2,1H3,(H2,19,20). The number of benzene rings is 1. The van der Waals surface area contributed by atoms with Gasteiger partial charge in [0.2, 0.25) is 11.7 Å². The summed E-state index contributed by atoms with van der Waals surface area (Å²) in [4.78, 5) is 22.9. The van der Waals surface area contributed by atoms with Crippen molar-refractivity contribution in [1.29, 1.82) is 0 Å². The lowest BCUT2D eigenvalue weighted by atomic mass is 10.0. The first-order valence-corrected chi connectivity index (χ1v) is 6.92. The Morgan fingerprint density at radius 2 is 2.09 bits per heavy atom. The van der Waals surface area contributed by atoms with Crippen LogP contribution in [0, 0.1) is 18.6 Å². The zero-order chi connectivity index (χ0) is 17.1. The number of amides is 1. The Morgan fingerprint density at radius 1 is 1.39 bits per heavy atom. The van der Waals surface area contributed by atoms with Crippen LogP contribution < -0.4 is 21.8 Å². The normalized spacial score (nSPS) is 11.0. The molecule has 0 atom stereocenters. The summed E-state index contributed by atoms with van der Waals surface area (Å²) in [5.74, 6) is -3.42. The van der Waals surface area contributed by atoms with Gasteiger partial charge in [-0.25, -0.2) is 9.18 Å². The fourth-order valence-electron chi connectivity index (χ4n) is 2.20. The molecule has 0 bridgehead atoms. The topological polar surface area (TPSA) is 109 Å². The Morgan fingerprint density at radius 3 is 2.70 bits per heavy atom. The van der Waals surface area contributed by atoms with Gasteiger partial charge in [0.1, 0.15) is 0 Å². The van der Waals surface area contributed by atoms with Crippen LogP contribution in [0.5, 0.6) is 5.75 Å². The first-order valence-electron chi connectivity index (χ1n) is 6.92. The van der Waals surface area contributed by atoms with E-state index in [2.05, 4.69) is 0 Å². The van der Waals surface area contributed by atoms with Crippen LogP contribution in [0.2, 0.25) is 0 Å². The first-order chi connectivity index (χ1) is 10.9. The van der Waals surface area contributed by atoms with Gasteiger partial charge in [-0.3, -0.25) is 4.79 Å². The minimum absolute atomic E-state index is 0.0266. The maximum atomic E-state index is 14.4. The number of primary amides is 1. The van der Waals surface area contributed by atoms with Crippen molar-refractivity contribution in [2.45, 2.75) is 19.8 Å². The highest BCUT2D eigenvalue weighted by molar-refractivity contribution is 5.85. The van der Waals surface area contributed by atoms with Crippen LogP contribution in [0.4, 0.5) is 8.78 Å². The quantitative estimate of drug-likeness (QED) is 0.611. The third kappa shape index (κ3) is 3.31. The van der Waals surface area contributed by atoms with Gasteiger partial charge in [-0.05, 0) is 31.5 Å². The van der Waals surface area contributed by atoms with Gasteiger partial charge >= 0.3 is 5.63 Å². The van der Waals surface area contributed by atoms with E-state index >= 15 is 0 Å². The molecule has 6 nitrogen and oxygen atoms in total. The van der Waals surface area contributed by atoms with E-state index in [4.69, 9.17) is 20.6 Å². The number of carbonyl (C=O) groups is 1. The summed E-state index contributed by atoms with van der Waals surface area (Å²) in [6, 6.07) is 0.999. The number of ether oxygens (including phenoxy) is 1. The van der Waals surface area contributed by atoms with Gasteiger partial charge in [-0.2, -0.15) is 4.39 Å². The van der Waals surface area contributed by atoms with Crippen molar-refractivity contribution in [3.05, 3.63) is 39.2 Å². The van der Waals surface area contributed by atoms with Crippen molar-refractivity contribution in [2.24, 2.45) is 11.5 Å². The number of nitrogens with two attached hydrogens (primary N) is 2. The average molecular weight is 326 g/mol. The van der Waals surface area contributed by atoms with E-state index in [0.29, 0.717) is 13.0 Å². The molecule has 0 saturated carbocycles. The van der Waals surface area contributed by atoms with Gasteiger partial charge < -0.3 is 20.6 Å². The van der Waals surface area contributed by atoms with Crippen LogP contribution in [0.25, 0.3) is 11.0 Å². The summed E-state index contributed by atoms with van der Waals surface area (Å²) in [6.45, 7) is 1.80. The van der Waals surface area contributed by atoms with E-state index in [1.165, 1.54) is 6.92 Å². The highest BCUT2D eigenvalue weighted by Gasteiger charge is 2.22.